The van der Waals surface area contributed by atoms with E-state index >= 15 is 0 Å². The highest BCUT2D eigenvalue weighted by atomic mass is 28.5. The fourth-order valence-electron chi connectivity index (χ4n) is 2.99. The Bertz CT molecular complexity index is 523. The molecule has 0 radical (unpaired) electrons. The molecule has 1 aromatic rings. The van der Waals surface area contributed by atoms with E-state index in [0.717, 1.165) is 5.19 Å². The number of hydrogen-bond donors (Lipinski definition) is 0. The van der Waals surface area contributed by atoms with Gasteiger partial charge in [-0.3, -0.25) is 0 Å². The fraction of sp³-hybridized carbons (Fsp3) is 0.429. The molecule has 0 unspecified atom stereocenters. The third-order valence-electron chi connectivity index (χ3n) is 3.22. The van der Waals surface area contributed by atoms with Crippen molar-refractivity contribution >= 4 is 39.4 Å². The van der Waals surface area contributed by atoms with E-state index in [1.54, 1.807) is 0 Å². The molecular weight excluding hydrogens is 344 g/mol. The molecule has 4 nitrogen and oxygen atoms in total. The molecule has 8 heteroatoms. The first-order valence-electron chi connectivity index (χ1n) is 7.49. The SMILES string of the molecule is C=C[Si]1(c2ccccc2)O[Si](C)(C)O[Si](C)(C)O[Si](C)(C)O1. The highest BCUT2D eigenvalue weighted by Gasteiger charge is 2.54. The lowest BCUT2D eigenvalue weighted by molar-refractivity contribution is 0.245. The van der Waals surface area contributed by atoms with Crippen molar-refractivity contribution in [2.75, 3.05) is 0 Å². The van der Waals surface area contributed by atoms with E-state index in [2.05, 4.69) is 45.9 Å². The summed E-state index contributed by atoms with van der Waals surface area (Å²) in [6.07, 6.45) is 0. The lowest BCUT2D eigenvalue weighted by atomic mass is 10.4. The van der Waals surface area contributed by atoms with Gasteiger partial charge >= 0.3 is 34.2 Å². The molecule has 0 atom stereocenters. The normalized spacial score (nSPS) is 25.7. The van der Waals surface area contributed by atoms with Crippen LogP contribution in [0, 0.1) is 0 Å². The second-order valence-electron chi connectivity index (χ2n) is 6.85. The van der Waals surface area contributed by atoms with Gasteiger partial charge in [-0.1, -0.05) is 30.3 Å². The van der Waals surface area contributed by atoms with Gasteiger partial charge in [-0.2, -0.15) is 0 Å². The third kappa shape index (κ3) is 4.14. The Kier molecular flexibility index (Phi) is 4.87. The van der Waals surface area contributed by atoms with Gasteiger partial charge in [0.1, 0.15) is 0 Å². The standard InChI is InChI=1S/C14H26O4Si4/c1-8-22(14-12-10-9-11-13-14)17-20(4,5)15-19(2,3)16-21(6,7)18-22/h8-13H,1H2,2-7H3. The first kappa shape index (κ1) is 18.0. The average Bonchev–Trinajstić information content (AvgIpc) is 2.34. The van der Waals surface area contributed by atoms with Crippen LogP contribution in [0.5, 0.6) is 0 Å². The second kappa shape index (κ2) is 5.95. The molecule has 0 aromatic heterocycles. The minimum Gasteiger partial charge on any atom is -0.416 e. The van der Waals surface area contributed by atoms with Crippen molar-refractivity contribution < 1.29 is 16.5 Å². The minimum absolute atomic E-state index is 1.06. The number of rotatable bonds is 2. The molecule has 1 saturated heterocycles. The molecule has 0 saturated carbocycles. The molecule has 1 aromatic carbocycles. The molecule has 0 amide bonds. The van der Waals surface area contributed by atoms with Gasteiger partial charge in [0.25, 0.3) is 0 Å². The van der Waals surface area contributed by atoms with Gasteiger partial charge in [0.05, 0.1) is 0 Å². The average molecular weight is 371 g/mol. The van der Waals surface area contributed by atoms with Crippen LogP contribution in [0.15, 0.2) is 42.6 Å². The van der Waals surface area contributed by atoms with E-state index < -0.39 is 34.2 Å². The largest absolute Gasteiger partial charge is 0.416 e. The fourth-order valence-corrected chi connectivity index (χ4v) is 23.0. The van der Waals surface area contributed by atoms with Gasteiger partial charge in [0, 0.05) is 0 Å². The summed E-state index contributed by atoms with van der Waals surface area (Å²) in [4.78, 5) is 0. The van der Waals surface area contributed by atoms with E-state index in [0.29, 0.717) is 0 Å². The Hall–Kier alpha value is -0.332. The maximum absolute atomic E-state index is 6.58. The summed E-state index contributed by atoms with van der Waals surface area (Å²) in [7, 11) is -9.82. The molecule has 0 bridgehead atoms. The molecule has 122 valence electrons. The number of benzene rings is 1. The molecule has 2 rings (SSSR count). The summed E-state index contributed by atoms with van der Waals surface area (Å²) in [6.45, 7) is 16.4. The molecule has 1 heterocycles. The van der Waals surface area contributed by atoms with Crippen LogP contribution < -0.4 is 5.19 Å². The molecule has 22 heavy (non-hydrogen) atoms. The quantitative estimate of drug-likeness (QED) is 0.749. The third-order valence-corrected chi connectivity index (χ3v) is 19.1. The van der Waals surface area contributed by atoms with Crippen LogP contribution in [0.1, 0.15) is 0 Å². The Labute approximate surface area is 138 Å². The van der Waals surface area contributed by atoms with Crippen molar-refractivity contribution in [3.05, 3.63) is 42.6 Å². The Balaban J connectivity index is 2.51. The first-order chi connectivity index (χ1) is 9.99. The maximum Gasteiger partial charge on any atom is 0.381 e. The number of hydrogen-bond acceptors (Lipinski definition) is 4. The van der Waals surface area contributed by atoms with Gasteiger partial charge in [-0.05, 0) is 50.2 Å². The van der Waals surface area contributed by atoms with Crippen LogP contribution in [0.25, 0.3) is 0 Å². The molecule has 1 fully saturated rings. The van der Waals surface area contributed by atoms with Crippen LogP contribution in [0.4, 0.5) is 0 Å². The van der Waals surface area contributed by atoms with Crippen LogP contribution in [-0.2, 0) is 16.5 Å². The van der Waals surface area contributed by atoms with Crippen molar-refractivity contribution in [1.82, 2.24) is 0 Å². The summed E-state index contributed by atoms with van der Waals surface area (Å²) in [5, 5.41) is 1.06. The molecular formula is C14H26O4Si4. The molecule has 1 aliphatic rings. The van der Waals surface area contributed by atoms with Gasteiger partial charge in [0.2, 0.25) is 0 Å². The molecule has 1 aliphatic heterocycles. The van der Waals surface area contributed by atoms with Gasteiger partial charge in [0.15, 0.2) is 0 Å². The second-order valence-corrected chi connectivity index (χ2v) is 20.8. The van der Waals surface area contributed by atoms with Crippen molar-refractivity contribution in [1.29, 1.82) is 0 Å². The van der Waals surface area contributed by atoms with Crippen LogP contribution in [0.3, 0.4) is 0 Å². The zero-order valence-corrected chi connectivity index (χ0v) is 18.3. The Morgan fingerprint density at radius 1 is 0.727 bits per heavy atom. The van der Waals surface area contributed by atoms with E-state index in [4.69, 9.17) is 16.5 Å². The van der Waals surface area contributed by atoms with E-state index in [1.807, 2.05) is 36.0 Å². The summed E-state index contributed by atoms with van der Waals surface area (Å²) < 4.78 is 25.9. The summed E-state index contributed by atoms with van der Waals surface area (Å²) in [5.74, 6) is 0. The maximum atomic E-state index is 6.58. The van der Waals surface area contributed by atoms with Gasteiger partial charge in [-0.25, -0.2) is 0 Å². The van der Waals surface area contributed by atoms with Crippen molar-refractivity contribution in [3.63, 3.8) is 0 Å². The van der Waals surface area contributed by atoms with Crippen molar-refractivity contribution in [2.45, 2.75) is 39.3 Å². The predicted molar refractivity (Wildman–Crippen MR) is 98.8 cm³/mol. The first-order valence-corrected chi connectivity index (χ1v) is 17.8. The van der Waals surface area contributed by atoms with Gasteiger partial charge < -0.3 is 16.5 Å². The Morgan fingerprint density at radius 3 is 1.55 bits per heavy atom. The van der Waals surface area contributed by atoms with Crippen molar-refractivity contribution in [3.8, 4) is 0 Å². The zero-order valence-electron chi connectivity index (χ0n) is 14.3. The summed E-state index contributed by atoms with van der Waals surface area (Å²) in [6, 6.07) is 10.1. The monoisotopic (exact) mass is 370 g/mol. The lowest BCUT2D eigenvalue weighted by Gasteiger charge is -2.47. The van der Waals surface area contributed by atoms with Crippen LogP contribution >= 0.6 is 0 Å². The van der Waals surface area contributed by atoms with E-state index in [9.17, 15) is 0 Å². The van der Waals surface area contributed by atoms with Crippen LogP contribution in [-0.4, -0.2) is 34.2 Å². The predicted octanol–water partition coefficient (Wildman–Crippen LogP) is 3.25. The molecule has 0 spiro atoms. The molecule has 0 aliphatic carbocycles. The van der Waals surface area contributed by atoms with Crippen molar-refractivity contribution in [2.24, 2.45) is 0 Å². The topological polar surface area (TPSA) is 36.9 Å². The molecule has 0 N–H and O–H groups in total. The van der Waals surface area contributed by atoms with Crippen LogP contribution in [0.2, 0.25) is 39.3 Å². The highest BCUT2D eigenvalue weighted by molar-refractivity contribution is 6.99. The lowest BCUT2D eigenvalue weighted by Crippen LogP contribution is -2.69. The summed E-state index contributed by atoms with van der Waals surface area (Å²) in [5.41, 5.74) is 1.86. The van der Waals surface area contributed by atoms with E-state index in [-0.39, 0.29) is 0 Å². The smallest absolute Gasteiger partial charge is 0.381 e. The zero-order chi connectivity index (χ0) is 16.6. The highest BCUT2D eigenvalue weighted by Crippen LogP contribution is 2.30. The summed E-state index contributed by atoms with van der Waals surface area (Å²) >= 11 is 0. The van der Waals surface area contributed by atoms with E-state index in [1.165, 1.54) is 0 Å². The minimum atomic E-state index is -2.79. The van der Waals surface area contributed by atoms with Gasteiger partial charge in [-0.15, -0.1) is 6.58 Å². The Morgan fingerprint density at radius 2 is 1.14 bits per heavy atom.